The molecule has 1 saturated carbocycles. The van der Waals surface area contributed by atoms with Crippen LogP contribution in [0.15, 0.2) is 4.42 Å². The molecule has 1 aliphatic carbocycles. The monoisotopic (exact) mass is 294 g/mol. The van der Waals surface area contributed by atoms with Gasteiger partial charge >= 0.3 is 6.01 Å². The molecule has 0 saturated heterocycles. The molecular weight excluding hydrogens is 264 g/mol. The Bertz CT molecular complexity index is 449. The number of rotatable bonds is 5. The lowest BCUT2D eigenvalue weighted by Gasteiger charge is -2.44. The maximum absolute atomic E-state index is 5.68. The van der Waals surface area contributed by atoms with Gasteiger partial charge in [0.1, 0.15) is 0 Å². The zero-order valence-electron chi connectivity index (χ0n) is 14.3. The fraction of sp³-hybridized carbons (Fsp3) is 0.875. The Balaban J connectivity index is 1.95. The number of aromatic nitrogens is 2. The fourth-order valence-electron chi connectivity index (χ4n) is 3.80. The summed E-state index contributed by atoms with van der Waals surface area (Å²) in [4.78, 5) is 0. The van der Waals surface area contributed by atoms with Gasteiger partial charge in [0.2, 0.25) is 5.89 Å². The highest BCUT2D eigenvalue weighted by Crippen LogP contribution is 2.46. The Labute approximate surface area is 128 Å². The van der Waals surface area contributed by atoms with Crippen molar-refractivity contribution in [1.82, 2.24) is 15.5 Å². The van der Waals surface area contributed by atoms with Crippen LogP contribution in [0.4, 0.5) is 6.01 Å². The van der Waals surface area contributed by atoms with Crippen LogP contribution in [0.3, 0.4) is 0 Å². The quantitative estimate of drug-likeness (QED) is 0.869. The number of nitrogens with one attached hydrogen (secondary N) is 2. The van der Waals surface area contributed by atoms with Gasteiger partial charge in [-0.25, -0.2) is 0 Å². The second-order valence-corrected chi connectivity index (χ2v) is 8.29. The van der Waals surface area contributed by atoms with Crippen LogP contribution < -0.4 is 10.6 Å². The first-order chi connectivity index (χ1) is 9.65. The molecular formula is C16H30N4O. The smallest absolute Gasteiger partial charge is 0.315 e. The third-order valence-corrected chi connectivity index (χ3v) is 4.01. The van der Waals surface area contributed by atoms with Crippen molar-refractivity contribution in [1.29, 1.82) is 0 Å². The van der Waals surface area contributed by atoms with Crippen molar-refractivity contribution >= 4 is 6.01 Å². The number of anilines is 1. The number of hydrogen-bond donors (Lipinski definition) is 2. The maximum Gasteiger partial charge on any atom is 0.315 e. The molecule has 1 aromatic rings. The molecule has 0 amide bonds. The summed E-state index contributed by atoms with van der Waals surface area (Å²) in [6.45, 7) is 14.2. The van der Waals surface area contributed by atoms with Crippen LogP contribution in [0.1, 0.15) is 66.7 Å². The minimum atomic E-state index is 0.349. The molecule has 1 heterocycles. The average Bonchev–Trinajstić information content (AvgIpc) is 2.69. The van der Waals surface area contributed by atoms with Gasteiger partial charge < -0.3 is 15.1 Å². The summed E-state index contributed by atoms with van der Waals surface area (Å²) in [6.07, 6.45) is 3.53. The van der Waals surface area contributed by atoms with E-state index >= 15 is 0 Å². The van der Waals surface area contributed by atoms with Gasteiger partial charge in [-0.15, -0.1) is 5.10 Å². The summed E-state index contributed by atoms with van der Waals surface area (Å²) >= 11 is 0. The van der Waals surface area contributed by atoms with Crippen LogP contribution in [0.2, 0.25) is 0 Å². The van der Waals surface area contributed by atoms with Crippen molar-refractivity contribution in [3.63, 3.8) is 0 Å². The van der Waals surface area contributed by atoms with Crippen molar-refractivity contribution in [2.45, 2.75) is 79.4 Å². The number of nitrogens with zero attached hydrogens (tertiary/aromatic N) is 2. The summed E-state index contributed by atoms with van der Waals surface area (Å²) in [5.74, 6) is 0.639. The van der Waals surface area contributed by atoms with E-state index in [0.29, 0.717) is 41.4 Å². The standard InChI is InChI=1S/C16H30N4O/c1-11(2)17-9-13-19-20-14(21-13)18-12-7-15(3,4)10-16(5,6)8-12/h11-12,17H,7-10H2,1-6H3,(H,18,20). The highest BCUT2D eigenvalue weighted by molar-refractivity contribution is 5.21. The van der Waals surface area contributed by atoms with Gasteiger partial charge in [-0.3, -0.25) is 0 Å². The maximum atomic E-state index is 5.68. The third-order valence-electron chi connectivity index (χ3n) is 4.01. The molecule has 0 aromatic carbocycles. The summed E-state index contributed by atoms with van der Waals surface area (Å²) in [5.41, 5.74) is 0.697. The second kappa shape index (κ2) is 5.95. The van der Waals surface area contributed by atoms with Crippen LogP contribution in [-0.2, 0) is 6.54 Å². The molecule has 2 rings (SSSR count). The third kappa shape index (κ3) is 4.99. The summed E-state index contributed by atoms with van der Waals surface area (Å²) < 4.78 is 5.68. The van der Waals surface area contributed by atoms with Crippen molar-refractivity contribution < 1.29 is 4.42 Å². The molecule has 5 nitrogen and oxygen atoms in total. The number of hydrogen-bond acceptors (Lipinski definition) is 5. The topological polar surface area (TPSA) is 63.0 Å². The second-order valence-electron chi connectivity index (χ2n) is 8.29. The SMILES string of the molecule is CC(C)NCc1nnc(NC2CC(C)(C)CC(C)(C)C2)o1. The summed E-state index contributed by atoms with van der Waals surface area (Å²) in [7, 11) is 0. The van der Waals surface area contributed by atoms with Crippen LogP contribution in [0, 0.1) is 10.8 Å². The Morgan fingerprint density at radius 1 is 1.14 bits per heavy atom. The molecule has 0 bridgehead atoms. The van der Waals surface area contributed by atoms with E-state index in [2.05, 4.69) is 62.4 Å². The Morgan fingerprint density at radius 3 is 2.33 bits per heavy atom. The van der Waals surface area contributed by atoms with E-state index in [0.717, 1.165) is 12.8 Å². The first-order valence-electron chi connectivity index (χ1n) is 7.98. The lowest BCUT2D eigenvalue weighted by molar-refractivity contribution is 0.104. The fourth-order valence-corrected chi connectivity index (χ4v) is 3.80. The Hall–Kier alpha value is -1.10. The molecule has 120 valence electrons. The molecule has 5 heteroatoms. The first-order valence-corrected chi connectivity index (χ1v) is 7.98. The molecule has 0 spiro atoms. The highest BCUT2D eigenvalue weighted by Gasteiger charge is 2.38. The molecule has 21 heavy (non-hydrogen) atoms. The molecule has 1 fully saturated rings. The Morgan fingerprint density at radius 2 is 1.76 bits per heavy atom. The van der Waals surface area contributed by atoms with E-state index in [4.69, 9.17) is 4.42 Å². The van der Waals surface area contributed by atoms with Crippen molar-refractivity contribution in [2.75, 3.05) is 5.32 Å². The molecule has 0 aliphatic heterocycles. The Kier molecular flexibility index (Phi) is 4.61. The summed E-state index contributed by atoms with van der Waals surface area (Å²) in [5, 5.41) is 14.9. The molecule has 0 atom stereocenters. The summed E-state index contributed by atoms with van der Waals surface area (Å²) in [6, 6.07) is 1.36. The van der Waals surface area contributed by atoms with Gasteiger partial charge in [-0.05, 0) is 30.1 Å². The largest absolute Gasteiger partial charge is 0.407 e. The average molecular weight is 294 g/mol. The van der Waals surface area contributed by atoms with Gasteiger partial charge in [-0.1, -0.05) is 46.6 Å². The molecule has 1 aliphatic rings. The van der Waals surface area contributed by atoms with Crippen LogP contribution >= 0.6 is 0 Å². The normalized spacial score (nSPS) is 21.7. The minimum absolute atomic E-state index is 0.349. The van der Waals surface area contributed by atoms with Crippen molar-refractivity contribution in [2.24, 2.45) is 10.8 Å². The zero-order chi connectivity index (χ0) is 15.7. The van der Waals surface area contributed by atoms with Gasteiger partial charge in [0.05, 0.1) is 6.54 Å². The van der Waals surface area contributed by atoms with E-state index in [1.807, 2.05) is 0 Å². The van der Waals surface area contributed by atoms with E-state index < -0.39 is 0 Å². The minimum Gasteiger partial charge on any atom is -0.407 e. The van der Waals surface area contributed by atoms with Crippen LogP contribution in [-0.4, -0.2) is 22.3 Å². The highest BCUT2D eigenvalue weighted by atomic mass is 16.4. The van der Waals surface area contributed by atoms with E-state index in [9.17, 15) is 0 Å². The van der Waals surface area contributed by atoms with Gasteiger partial charge in [0.15, 0.2) is 0 Å². The molecule has 1 aromatic heterocycles. The lowest BCUT2D eigenvalue weighted by Crippen LogP contribution is -2.40. The molecule has 0 radical (unpaired) electrons. The van der Waals surface area contributed by atoms with E-state index in [1.165, 1.54) is 6.42 Å². The predicted octanol–water partition coefficient (Wildman–Crippen LogP) is 3.58. The predicted molar refractivity (Wildman–Crippen MR) is 85.1 cm³/mol. The van der Waals surface area contributed by atoms with Gasteiger partial charge in [0.25, 0.3) is 0 Å². The lowest BCUT2D eigenvalue weighted by atomic mass is 9.63. The van der Waals surface area contributed by atoms with Crippen molar-refractivity contribution in [3.05, 3.63) is 5.89 Å². The van der Waals surface area contributed by atoms with Crippen LogP contribution in [0.25, 0.3) is 0 Å². The molecule has 0 unspecified atom stereocenters. The molecule has 2 N–H and O–H groups in total. The van der Waals surface area contributed by atoms with Gasteiger partial charge in [0, 0.05) is 12.1 Å². The van der Waals surface area contributed by atoms with E-state index in [1.54, 1.807) is 0 Å². The van der Waals surface area contributed by atoms with E-state index in [-0.39, 0.29) is 0 Å². The van der Waals surface area contributed by atoms with Crippen LogP contribution in [0.5, 0.6) is 0 Å². The first kappa shape index (κ1) is 16.3. The van der Waals surface area contributed by atoms with Gasteiger partial charge in [-0.2, -0.15) is 0 Å². The van der Waals surface area contributed by atoms with Crippen molar-refractivity contribution in [3.8, 4) is 0 Å². The zero-order valence-corrected chi connectivity index (χ0v) is 14.3.